The predicted octanol–water partition coefficient (Wildman–Crippen LogP) is 3.30. The molecule has 0 heterocycles. The maximum Gasteiger partial charge on any atom is 0.126 e. The molecule has 0 bridgehead atoms. The number of fused-ring (bicyclic) bond motifs is 1. The molecule has 0 amide bonds. The van der Waals surface area contributed by atoms with E-state index in [0.29, 0.717) is 23.3 Å². The molecule has 18 heavy (non-hydrogen) atoms. The normalized spacial score (nSPS) is 31.8. The molecule has 2 aliphatic carbocycles. The van der Waals surface area contributed by atoms with Crippen molar-refractivity contribution < 1.29 is 13.9 Å². The summed E-state index contributed by atoms with van der Waals surface area (Å²) in [5.74, 6) is 0.719. The van der Waals surface area contributed by atoms with Crippen LogP contribution in [-0.4, -0.2) is 11.2 Å². The van der Waals surface area contributed by atoms with E-state index in [0.717, 1.165) is 12.1 Å². The third kappa shape index (κ3) is 2.16. The van der Waals surface area contributed by atoms with Gasteiger partial charge in [-0.15, -0.1) is 0 Å². The first-order valence-corrected chi connectivity index (χ1v) is 6.79. The highest BCUT2D eigenvalue weighted by atomic mass is 19.1. The molecule has 0 saturated heterocycles. The van der Waals surface area contributed by atoms with Gasteiger partial charge in [0.05, 0.1) is 6.10 Å². The monoisotopic (exact) mass is 252 g/mol. The molecule has 2 fully saturated rings. The molecule has 1 aromatic rings. The van der Waals surface area contributed by atoms with Crippen LogP contribution in [-0.2, 0) is 6.42 Å². The molecule has 0 radical (unpaired) electrons. The highest BCUT2D eigenvalue weighted by molar-refractivity contribution is 5.20. The van der Waals surface area contributed by atoms with Crippen LogP contribution >= 0.6 is 0 Å². The van der Waals surface area contributed by atoms with Gasteiger partial charge in [-0.3, -0.25) is 0 Å². The van der Waals surface area contributed by atoms with E-state index in [1.807, 2.05) is 0 Å². The molecule has 0 aromatic heterocycles. The molecule has 3 heteroatoms. The molecule has 3 rings (SSSR count). The minimum Gasteiger partial charge on any atom is -0.392 e. The van der Waals surface area contributed by atoms with E-state index in [1.165, 1.54) is 31.7 Å². The molecule has 2 aliphatic rings. The number of hydrogen-bond acceptors (Lipinski definition) is 1. The van der Waals surface area contributed by atoms with Gasteiger partial charge in [-0.2, -0.15) is 0 Å². The second-order valence-electron chi connectivity index (χ2n) is 5.70. The number of hydrogen-bond donors (Lipinski definition) is 1. The highest BCUT2D eigenvalue weighted by Gasteiger charge is 2.53. The number of aliphatic hydroxyl groups excluding tert-OH is 1. The van der Waals surface area contributed by atoms with Gasteiger partial charge in [0, 0.05) is 6.42 Å². The van der Waals surface area contributed by atoms with Crippen LogP contribution in [0.1, 0.15) is 31.2 Å². The van der Waals surface area contributed by atoms with Crippen LogP contribution in [0.15, 0.2) is 18.2 Å². The van der Waals surface area contributed by atoms with Crippen molar-refractivity contribution in [2.24, 2.45) is 17.8 Å². The minimum absolute atomic E-state index is 0.237. The molecule has 1 N–H and O–H groups in total. The Morgan fingerprint density at radius 2 is 1.83 bits per heavy atom. The Morgan fingerprint density at radius 1 is 1.17 bits per heavy atom. The lowest BCUT2D eigenvalue weighted by Crippen LogP contribution is -2.16. The van der Waals surface area contributed by atoms with Crippen LogP contribution in [0.25, 0.3) is 0 Å². The van der Waals surface area contributed by atoms with E-state index >= 15 is 0 Å². The van der Waals surface area contributed by atoms with Crippen molar-refractivity contribution in [3.8, 4) is 0 Å². The van der Waals surface area contributed by atoms with Crippen LogP contribution in [0.4, 0.5) is 8.78 Å². The van der Waals surface area contributed by atoms with E-state index in [1.54, 1.807) is 0 Å². The third-order valence-electron chi connectivity index (χ3n) is 4.60. The van der Waals surface area contributed by atoms with Crippen molar-refractivity contribution in [1.82, 2.24) is 0 Å². The zero-order chi connectivity index (χ0) is 12.7. The van der Waals surface area contributed by atoms with Gasteiger partial charge in [0.15, 0.2) is 0 Å². The van der Waals surface area contributed by atoms with Crippen LogP contribution in [0, 0.1) is 29.4 Å². The standard InChI is InChI=1S/C15H18F2O/c16-10-5-6-13(17)9(7-10)8-14(18)15-11-3-1-2-4-12(11)15/h5-7,11-12,14-15,18H,1-4,8H2. The Morgan fingerprint density at radius 3 is 2.50 bits per heavy atom. The summed E-state index contributed by atoms with van der Waals surface area (Å²) in [5.41, 5.74) is 0.297. The van der Waals surface area contributed by atoms with Gasteiger partial charge in [-0.05, 0) is 54.4 Å². The van der Waals surface area contributed by atoms with E-state index in [-0.39, 0.29) is 6.42 Å². The summed E-state index contributed by atoms with van der Waals surface area (Å²) in [6, 6.07) is 3.45. The van der Waals surface area contributed by atoms with Gasteiger partial charge in [0.2, 0.25) is 0 Å². The lowest BCUT2D eigenvalue weighted by molar-refractivity contribution is 0.139. The lowest BCUT2D eigenvalue weighted by Gasteiger charge is -2.11. The Bertz CT molecular complexity index is 434. The Kier molecular flexibility index (Phi) is 3.10. The SMILES string of the molecule is OC(Cc1cc(F)ccc1F)C1C2CCCCC21. The molecule has 98 valence electrons. The molecule has 0 aliphatic heterocycles. The van der Waals surface area contributed by atoms with Gasteiger partial charge in [-0.25, -0.2) is 8.78 Å². The fourth-order valence-corrected chi connectivity index (χ4v) is 3.68. The second kappa shape index (κ2) is 4.61. The van der Waals surface area contributed by atoms with Gasteiger partial charge in [0.1, 0.15) is 11.6 Å². The van der Waals surface area contributed by atoms with Crippen LogP contribution in [0.5, 0.6) is 0 Å². The average molecular weight is 252 g/mol. The number of rotatable bonds is 3. The molecular formula is C15H18F2O. The highest BCUT2D eigenvalue weighted by Crippen LogP contribution is 2.57. The third-order valence-corrected chi connectivity index (χ3v) is 4.60. The van der Waals surface area contributed by atoms with Crippen molar-refractivity contribution >= 4 is 0 Å². The summed E-state index contributed by atoms with van der Waals surface area (Å²) >= 11 is 0. The molecule has 1 nitrogen and oxygen atoms in total. The first-order chi connectivity index (χ1) is 8.66. The predicted molar refractivity (Wildman–Crippen MR) is 65.0 cm³/mol. The maximum atomic E-state index is 13.5. The summed E-state index contributed by atoms with van der Waals surface area (Å²) in [5, 5.41) is 10.2. The van der Waals surface area contributed by atoms with Crippen molar-refractivity contribution in [3.63, 3.8) is 0 Å². The van der Waals surface area contributed by atoms with Crippen LogP contribution in [0.2, 0.25) is 0 Å². The Labute approximate surface area is 106 Å². The summed E-state index contributed by atoms with van der Waals surface area (Å²) in [6.45, 7) is 0. The van der Waals surface area contributed by atoms with Gasteiger partial charge in [-0.1, -0.05) is 12.8 Å². The van der Waals surface area contributed by atoms with Gasteiger partial charge < -0.3 is 5.11 Å². The smallest absolute Gasteiger partial charge is 0.126 e. The van der Waals surface area contributed by atoms with Gasteiger partial charge >= 0.3 is 0 Å². The van der Waals surface area contributed by atoms with Crippen molar-refractivity contribution in [2.45, 2.75) is 38.2 Å². The minimum atomic E-state index is -0.519. The number of aliphatic hydroxyl groups is 1. The number of halogens is 2. The summed E-state index contributed by atoms with van der Waals surface area (Å²) in [6.07, 6.45) is 4.60. The Hall–Kier alpha value is -0.960. The van der Waals surface area contributed by atoms with Crippen molar-refractivity contribution in [3.05, 3.63) is 35.4 Å². The van der Waals surface area contributed by atoms with E-state index < -0.39 is 17.7 Å². The summed E-state index contributed by atoms with van der Waals surface area (Å²) in [4.78, 5) is 0. The molecule has 2 saturated carbocycles. The fraction of sp³-hybridized carbons (Fsp3) is 0.600. The zero-order valence-electron chi connectivity index (χ0n) is 10.3. The van der Waals surface area contributed by atoms with Crippen LogP contribution in [0.3, 0.4) is 0 Å². The first-order valence-electron chi connectivity index (χ1n) is 6.79. The lowest BCUT2D eigenvalue weighted by atomic mass is 10.0. The molecule has 3 atom stereocenters. The second-order valence-corrected chi connectivity index (χ2v) is 5.70. The van der Waals surface area contributed by atoms with E-state index in [9.17, 15) is 13.9 Å². The van der Waals surface area contributed by atoms with E-state index in [2.05, 4.69) is 0 Å². The fourth-order valence-electron chi connectivity index (χ4n) is 3.68. The molecule has 3 unspecified atom stereocenters. The number of benzene rings is 1. The van der Waals surface area contributed by atoms with Gasteiger partial charge in [0.25, 0.3) is 0 Å². The van der Waals surface area contributed by atoms with E-state index in [4.69, 9.17) is 0 Å². The summed E-state index contributed by atoms with van der Waals surface area (Å²) in [7, 11) is 0. The van der Waals surface area contributed by atoms with Crippen LogP contribution < -0.4 is 0 Å². The molecule has 1 aromatic carbocycles. The maximum absolute atomic E-state index is 13.5. The topological polar surface area (TPSA) is 20.2 Å². The average Bonchev–Trinajstić information content (AvgIpc) is 3.08. The Balaban J connectivity index is 1.67. The molecular weight excluding hydrogens is 234 g/mol. The van der Waals surface area contributed by atoms with Crippen molar-refractivity contribution in [1.29, 1.82) is 0 Å². The van der Waals surface area contributed by atoms with Crippen molar-refractivity contribution in [2.75, 3.05) is 0 Å². The largest absolute Gasteiger partial charge is 0.392 e. The zero-order valence-corrected chi connectivity index (χ0v) is 10.3. The molecule has 0 spiro atoms. The summed E-state index contributed by atoms with van der Waals surface area (Å²) < 4.78 is 26.6. The quantitative estimate of drug-likeness (QED) is 0.875. The first kappa shape index (κ1) is 12.1.